The molecule has 2 aromatic rings. The molecular weight excluding hydrogens is 258 g/mol. The van der Waals surface area contributed by atoms with Crippen molar-refractivity contribution in [1.29, 1.82) is 0 Å². The van der Waals surface area contributed by atoms with Crippen molar-refractivity contribution < 1.29 is 4.79 Å². The summed E-state index contributed by atoms with van der Waals surface area (Å²) < 4.78 is 1.24. The molecular formula is C14H15N3OS. The van der Waals surface area contributed by atoms with E-state index in [1.165, 1.54) is 15.0 Å². The summed E-state index contributed by atoms with van der Waals surface area (Å²) in [6.45, 7) is 1.96. The fourth-order valence-corrected chi connectivity index (χ4v) is 3.15. The minimum absolute atomic E-state index is 0.000385. The summed E-state index contributed by atoms with van der Waals surface area (Å²) in [6, 6.07) is 8.29. The Labute approximate surface area is 115 Å². The number of benzene rings is 1. The van der Waals surface area contributed by atoms with Crippen molar-refractivity contribution >= 4 is 33.3 Å². The number of rotatable bonds is 1. The number of guanidine groups is 1. The van der Waals surface area contributed by atoms with Gasteiger partial charge in [-0.25, -0.2) is 4.99 Å². The van der Waals surface area contributed by atoms with E-state index in [-0.39, 0.29) is 11.9 Å². The summed E-state index contributed by atoms with van der Waals surface area (Å²) in [4.78, 5) is 17.9. The van der Waals surface area contributed by atoms with Crippen LogP contribution in [0.4, 0.5) is 0 Å². The van der Waals surface area contributed by atoms with E-state index in [0.717, 1.165) is 5.56 Å². The predicted molar refractivity (Wildman–Crippen MR) is 78.2 cm³/mol. The lowest BCUT2D eigenvalue weighted by atomic mass is 9.87. The molecule has 4 nitrogen and oxygen atoms in total. The third kappa shape index (κ3) is 1.90. The number of nitrogens with zero attached hydrogens (tertiary/aromatic N) is 2. The van der Waals surface area contributed by atoms with Crippen LogP contribution in [0.2, 0.25) is 0 Å². The molecule has 1 atom stereocenters. The van der Waals surface area contributed by atoms with Gasteiger partial charge in [0.2, 0.25) is 5.91 Å². The van der Waals surface area contributed by atoms with E-state index in [1.54, 1.807) is 18.4 Å². The molecule has 1 aliphatic heterocycles. The Bertz CT molecular complexity index is 691. The molecule has 0 fully saturated rings. The van der Waals surface area contributed by atoms with Crippen LogP contribution in [0, 0.1) is 0 Å². The predicted octanol–water partition coefficient (Wildman–Crippen LogP) is 2.29. The molecule has 0 unspecified atom stereocenters. The van der Waals surface area contributed by atoms with Crippen LogP contribution in [0.3, 0.4) is 0 Å². The quantitative estimate of drug-likeness (QED) is 0.866. The first-order valence-corrected chi connectivity index (χ1v) is 6.97. The van der Waals surface area contributed by atoms with Gasteiger partial charge in [0.25, 0.3) is 0 Å². The largest absolute Gasteiger partial charge is 0.369 e. The number of nitrogens with two attached hydrogens (primary N) is 1. The smallest absolute Gasteiger partial charge is 0.231 e. The molecule has 0 saturated carbocycles. The minimum Gasteiger partial charge on any atom is -0.369 e. The van der Waals surface area contributed by atoms with Crippen molar-refractivity contribution in [2.24, 2.45) is 10.7 Å². The van der Waals surface area contributed by atoms with E-state index in [0.29, 0.717) is 6.42 Å². The van der Waals surface area contributed by atoms with Gasteiger partial charge in [-0.3, -0.25) is 9.69 Å². The summed E-state index contributed by atoms with van der Waals surface area (Å²) in [5.74, 6) is 0.282. The van der Waals surface area contributed by atoms with E-state index < -0.39 is 5.54 Å². The Balaban J connectivity index is 2.11. The lowest BCUT2D eigenvalue weighted by Crippen LogP contribution is -2.47. The highest BCUT2D eigenvalue weighted by molar-refractivity contribution is 7.17. The van der Waals surface area contributed by atoms with E-state index in [2.05, 4.69) is 28.6 Å². The van der Waals surface area contributed by atoms with Gasteiger partial charge in [0, 0.05) is 11.7 Å². The first-order chi connectivity index (χ1) is 8.99. The van der Waals surface area contributed by atoms with Crippen molar-refractivity contribution in [2.75, 3.05) is 7.05 Å². The monoisotopic (exact) mass is 273 g/mol. The van der Waals surface area contributed by atoms with Crippen molar-refractivity contribution in [3.8, 4) is 0 Å². The van der Waals surface area contributed by atoms with Crippen LogP contribution in [0.1, 0.15) is 18.9 Å². The molecule has 0 radical (unpaired) electrons. The normalized spacial score (nSPS) is 23.8. The van der Waals surface area contributed by atoms with Gasteiger partial charge in [0.05, 0.1) is 12.0 Å². The van der Waals surface area contributed by atoms with Gasteiger partial charge in [-0.15, -0.1) is 11.3 Å². The molecule has 1 amide bonds. The van der Waals surface area contributed by atoms with Gasteiger partial charge >= 0.3 is 0 Å². The number of hydrogen-bond acceptors (Lipinski definition) is 4. The number of thiophene rings is 1. The van der Waals surface area contributed by atoms with Gasteiger partial charge < -0.3 is 5.73 Å². The molecule has 0 aliphatic carbocycles. The van der Waals surface area contributed by atoms with Gasteiger partial charge in [-0.2, -0.15) is 0 Å². The van der Waals surface area contributed by atoms with Gasteiger partial charge in [-0.1, -0.05) is 6.07 Å². The maximum absolute atomic E-state index is 12.0. The van der Waals surface area contributed by atoms with Crippen molar-refractivity contribution in [3.63, 3.8) is 0 Å². The molecule has 1 aromatic carbocycles. The molecule has 2 N–H and O–H groups in total. The zero-order valence-electron chi connectivity index (χ0n) is 10.9. The average molecular weight is 273 g/mol. The number of amides is 1. The molecule has 19 heavy (non-hydrogen) atoms. The van der Waals surface area contributed by atoms with Crippen LogP contribution in [0.5, 0.6) is 0 Å². The molecule has 2 heterocycles. The molecule has 1 aliphatic rings. The van der Waals surface area contributed by atoms with Crippen LogP contribution in [0.25, 0.3) is 10.1 Å². The van der Waals surface area contributed by atoms with Crippen molar-refractivity contribution in [3.05, 3.63) is 35.2 Å². The molecule has 3 rings (SSSR count). The summed E-state index contributed by atoms with van der Waals surface area (Å²) in [6.07, 6.45) is 0.347. The highest BCUT2D eigenvalue weighted by Crippen LogP contribution is 2.35. The lowest BCUT2D eigenvalue weighted by molar-refractivity contribution is -0.128. The summed E-state index contributed by atoms with van der Waals surface area (Å²) in [7, 11) is 1.66. The molecule has 0 spiro atoms. The van der Waals surface area contributed by atoms with Gasteiger partial charge in [0.15, 0.2) is 5.96 Å². The van der Waals surface area contributed by atoms with Crippen LogP contribution >= 0.6 is 11.3 Å². The molecule has 0 saturated heterocycles. The Morgan fingerprint density at radius 2 is 2.21 bits per heavy atom. The summed E-state index contributed by atoms with van der Waals surface area (Å²) in [5, 5.41) is 3.25. The zero-order chi connectivity index (χ0) is 13.6. The SMILES string of the molecule is CN1C(=O)C[C@@](C)(c2ccc3sccc3c2)N=C1N. The number of aliphatic imine (C=N–C) groups is 1. The maximum atomic E-state index is 12.0. The summed E-state index contributed by atoms with van der Waals surface area (Å²) >= 11 is 1.71. The Hall–Kier alpha value is -1.88. The van der Waals surface area contributed by atoms with Crippen molar-refractivity contribution in [2.45, 2.75) is 18.9 Å². The second kappa shape index (κ2) is 4.06. The molecule has 1 aromatic heterocycles. The molecule has 0 bridgehead atoms. The fraction of sp³-hybridized carbons (Fsp3) is 0.286. The maximum Gasteiger partial charge on any atom is 0.231 e. The van der Waals surface area contributed by atoms with E-state index in [4.69, 9.17) is 5.73 Å². The second-order valence-corrected chi connectivity index (χ2v) is 5.99. The van der Waals surface area contributed by atoms with Crippen molar-refractivity contribution in [1.82, 2.24) is 4.90 Å². The Morgan fingerprint density at radius 3 is 2.95 bits per heavy atom. The zero-order valence-corrected chi connectivity index (χ0v) is 11.7. The highest BCUT2D eigenvalue weighted by Gasteiger charge is 2.36. The summed E-state index contributed by atoms with van der Waals surface area (Å²) in [5.41, 5.74) is 6.30. The first-order valence-electron chi connectivity index (χ1n) is 6.09. The Morgan fingerprint density at radius 1 is 1.42 bits per heavy atom. The van der Waals surface area contributed by atoms with Crippen LogP contribution < -0.4 is 5.73 Å². The lowest BCUT2D eigenvalue weighted by Gasteiger charge is -2.33. The number of carbonyl (C=O) groups is 1. The number of hydrogen-bond donors (Lipinski definition) is 1. The van der Waals surface area contributed by atoms with Gasteiger partial charge in [0.1, 0.15) is 0 Å². The van der Waals surface area contributed by atoms with Crippen LogP contribution in [-0.2, 0) is 10.3 Å². The van der Waals surface area contributed by atoms with E-state index in [1.807, 2.05) is 13.0 Å². The average Bonchev–Trinajstić information content (AvgIpc) is 2.83. The van der Waals surface area contributed by atoms with E-state index in [9.17, 15) is 4.79 Å². The standard InChI is InChI=1S/C14H15N3OS/c1-14(8-12(18)17(2)13(15)16-14)10-3-4-11-9(7-10)5-6-19-11/h3-7H,8H2,1-2H3,(H2,15,16)/t14-/m0/s1. The van der Waals surface area contributed by atoms with Gasteiger partial charge in [-0.05, 0) is 41.5 Å². The highest BCUT2D eigenvalue weighted by atomic mass is 32.1. The topological polar surface area (TPSA) is 58.7 Å². The van der Waals surface area contributed by atoms with E-state index >= 15 is 0 Å². The third-order valence-corrected chi connectivity index (χ3v) is 4.55. The van der Waals surface area contributed by atoms with Crippen LogP contribution in [-0.4, -0.2) is 23.8 Å². The fourth-order valence-electron chi connectivity index (χ4n) is 2.38. The minimum atomic E-state index is -0.566. The second-order valence-electron chi connectivity index (χ2n) is 5.05. The first kappa shape index (κ1) is 12.2. The number of carbonyl (C=O) groups excluding carboxylic acids is 1. The number of fused-ring (bicyclic) bond motifs is 1. The third-order valence-electron chi connectivity index (χ3n) is 3.65. The molecule has 98 valence electrons. The van der Waals surface area contributed by atoms with Crippen LogP contribution in [0.15, 0.2) is 34.6 Å². The Kier molecular flexibility index (Phi) is 2.60. The molecule has 5 heteroatoms.